The van der Waals surface area contributed by atoms with Gasteiger partial charge in [-0.2, -0.15) is 0 Å². The molecule has 0 spiro atoms. The molecule has 0 unspecified atom stereocenters. The molecule has 16 heavy (non-hydrogen) atoms. The van der Waals surface area contributed by atoms with Gasteiger partial charge in [0.15, 0.2) is 0 Å². The summed E-state index contributed by atoms with van der Waals surface area (Å²) in [7, 11) is 1.71. The van der Waals surface area contributed by atoms with E-state index in [4.69, 9.17) is 4.74 Å². The Hall–Kier alpha value is -1.30. The van der Waals surface area contributed by atoms with Gasteiger partial charge in [-0.1, -0.05) is 0 Å². The van der Waals surface area contributed by atoms with Crippen LogP contribution in [0.25, 0.3) is 0 Å². The standard InChI is InChI=1S/C10H19N3O3/c1-3-12(2)9(14)8-11-10(15)13-4-6-16-7-5-13/h3-8H2,1-2H3,(H,11,15). The maximum absolute atomic E-state index is 11.6. The molecule has 1 fully saturated rings. The van der Waals surface area contributed by atoms with Crippen LogP contribution in [0, 0.1) is 0 Å². The van der Waals surface area contributed by atoms with E-state index in [1.807, 2.05) is 6.92 Å². The van der Waals surface area contributed by atoms with Gasteiger partial charge >= 0.3 is 6.03 Å². The zero-order valence-electron chi connectivity index (χ0n) is 9.86. The number of likely N-dealkylation sites (N-methyl/N-ethyl adjacent to an activating group) is 1. The van der Waals surface area contributed by atoms with Gasteiger partial charge in [0.1, 0.15) is 0 Å². The van der Waals surface area contributed by atoms with Crippen molar-refractivity contribution in [3.63, 3.8) is 0 Å². The molecule has 0 saturated carbocycles. The van der Waals surface area contributed by atoms with Crippen LogP contribution in [0.3, 0.4) is 0 Å². The molecule has 0 atom stereocenters. The minimum Gasteiger partial charge on any atom is -0.378 e. The number of hydrogen-bond acceptors (Lipinski definition) is 3. The summed E-state index contributed by atoms with van der Waals surface area (Å²) in [6.07, 6.45) is 0. The Morgan fingerprint density at radius 1 is 1.38 bits per heavy atom. The molecule has 0 radical (unpaired) electrons. The minimum atomic E-state index is -0.193. The zero-order valence-corrected chi connectivity index (χ0v) is 9.86. The predicted molar refractivity (Wildman–Crippen MR) is 59.1 cm³/mol. The van der Waals surface area contributed by atoms with Gasteiger partial charge in [-0.05, 0) is 6.92 Å². The number of morpholine rings is 1. The topological polar surface area (TPSA) is 61.9 Å². The van der Waals surface area contributed by atoms with Crippen molar-refractivity contribution in [1.82, 2.24) is 15.1 Å². The normalized spacial score (nSPS) is 15.8. The van der Waals surface area contributed by atoms with Gasteiger partial charge in [0, 0.05) is 26.7 Å². The summed E-state index contributed by atoms with van der Waals surface area (Å²) in [4.78, 5) is 26.3. The molecule has 0 aromatic rings. The average Bonchev–Trinajstić information content (AvgIpc) is 2.35. The Morgan fingerprint density at radius 3 is 2.56 bits per heavy atom. The third kappa shape index (κ3) is 3.69. The first kappa shape index (κ1) is 12.8. The molecular formula is C10H19N3O3. The van der Waals surface area contributed by atoms with Gasteiger partial charge in [0.25, 0.3) is 0 Å². The van der Waals surface area contributed by atoms with Gasteiger partial charge in [-0.25, -0.2) is 4.79 Å². The molecule has 0 aliphatic carbocycles. The summed E-state index contributed by atoms with van der Waals surface area (Å²) >= 11 is 0. The van der Waals surface area contributed by atoms with Crippen molar-refractivity contribution in [3.05, 3.63) is 0 Å². The summed E-state index contributed by atoms with van der Waals surface area (Å²) in [6, 6.07) is -0.193. The van der Waals surface area contributed by atoms with Crippen molar-refractivity contribution in [2.75, 3.05) is 46.4 Å². The van der Waals surface area contributed by atoms with Crippen LogP contribution in [0.4, 0.5) is 4.79 Å². The van der Waals surface area contributed by atoms with Gasteiger partial charge in [0.05, 0.1) is 19.8 Å². The van der Waals surface area contributed by atoms with Crippen molar-refractivity contribution in [1.29, 1.82) is 0 Å². The quantitative estimate of drug-likeness (QED) is 0.710. The SMILES string of the molecule is CCN(C)C(=O)CNC(=O)N1CCOCC1. The molecule has 0 aromatic heterocycles. The van der Waals surface area contributed by atoms with Crippen molar-refractivity contribution in [2.45, 2.75) is 6.92 Å². The molecule has 1 N–H and O–H groups in total. The maximum Gasteiger partial charge on any atom is 0.317 e. The molecule has 6 nitrogen and oxygen atoms in total. The second kappa shape index (κ2) is 6.32. The number of amides is 3. The van der Waals surface area contributed by atoms with Crippen LogP contribution in [0.1, 0.15) is 6.92 Å². The van der Waals surface area contributed by atoms with E-state index in [-0.39, 0.29) is 18.5 Å². The molecule has 1 rings (SSSR count). The van der Waals surface area contributed by atoms with Crippen molar-refractivity contribution >= 4 is 11.9 Å². The first-order valence-electron chi connectivity index (χ1n) is 5.49. The number of nitrogens with zero attached hydrogens (tertiary/aromatic N) is 2. The number of carbonyl (C=O) groups is 2. The van der Waals surface area contributed by atoms with Gasteiger partial charge < -0.3 is 19.9 Å². The molecule has 1 aliphatic rings. The predicted octanol–water partition coefficient (Wildman–Crippen LogP) is -0.493. The fourth-order valence-corrected chi connectivity index (χ4v) is 1.34. The second-order valence-corrected chi connectivity index (χ2v) is 3.67. The molecule has 1 aliphatic heterocycles. The molecule has 1 saturated heterocycles. The first-order chi connectivity index (χ1) is 7.65. The number of rotatable bonds is 3. The lowest BCUT2D eigenvalue weighted by atomic mass is 10.4. The fraction of sp³-hybridized carbons (Fsp3) is 0.800. The van der Waals surface area contributed by atoms with Gasteiger partial charge in [-0.15, -0.1) is 0 Å². The van der Waals surface area contributed by atoms with Gasteiger partial charge in [-0.3, -0.25) is 4.79 Å². The molecule has 6 heteroatoms. The summed E-state index contributed by atoms with van der Waals surface area (Å²) in [5.74, 6) is -0.0795. The third-order valence-corrected chi connectivity index (χ3v) is 2.59. The van der Waals surface area contributed by atoms with Crippen LogP contribution in [-0.2, 0) is 9.53 Å². The first-order valence-corrected chi connectivity index (χ1v) is 5.49. The fourth-order valence-electron chi connectivity index (χ4n) is 1.34. The smallest absolute Gasteiger partial charge is 0.317 e. The van der Waals surface area contributed by atoms with E-state index in [0.717, 1.165) is 0 Å². The number of carbonyl (C=O) groups excluding carboxylic acids is 2. The Balaban J connectivity index is 2.26. The minimum absolute atomic E-state index is 0.0561. The Labute approximate surface area is 95.5 Å². The monoisotopic (exact) mass is 229 g/mol. The average molecular weight is 229 g/mol. The third-order valence-electron chi connectivity index (χ3n) is 2.59. The molecular weight excluding hydrogens is 210 g/mol. The van der Waals surface area contributed by atoms with Crippen LogP contribution in [-0.4, -0.2) is 68.2 Å². The molecule has 3 amide bonds. The summed E-state index contributed by atoms with van der Waals surface area (Å²) in [5, 5.41) is 2.61. The second-order valence-electron chi connectivity index (χ2n) is 3.67. The van der Waals surface area contributed by atoms with E-state index < -0.39 is 0 Å². The van der Waals surface area contributed by atoms with E-state index in [9.17, 15) is 9.59 Å². The van der Waals surface area contributed by atoms with E-state index in [2.05, 4.69) is 5.32 Å². The Morgan fingerprint density at radius 2 is 2.00 bits per heavy atom. The zero-order chi connectivity index (χ0) is 12.0. The highest BCUT2D eigenvalue weighted by atomic mass is 16.5. The molecule has 1 heterocycles. The van der Waals surface area contributed by atoms with E-state index >= 15 is 0 Å². The molecule has 92 valence electrons. The molecule has 0 bridgehead atoms. The van der Waals surface area contributed by atoms with E-state index in [1.54, 1.807) is 16.8 Å². The molecule has 0 aromatic carbocycles. The van der Waals surface area contributed by atoms with E-state index in [0.29, 0.717) is 32.8 Å². The lowest BCUT2D eigenvalue weighted by Crippen LogP contribution is -2.48. The van der Waals surface area contributed by atoms with Crippen LogP contribution >= 0.6 is 0 Å². The van der Waals surface area contributed by atoms with Crippen molar-refractivity contribution < 1.29 is 14.3 Å². The highest BCUT2D eigenvalue weighted by Crippen LogP contribution is 1.96. The summed E-state index contributed by atoms with van der Waals surface area (Å²) < 4.78 is 5.13. The van der Waals surface area contributed by atoms with Crippen LogP contribution < -0.4 is 5.32 Å². The number of hydrogen-bond donors (Lipinski definition) is 1. The largest absolute Gasteiger partial charge is 0.378 e. The Bertz CT molecular complexity index is 252. The van der Waals surface area contributed by atoms with Crippen LogP contribution in [0.5, 0.6) is 0 Å². The summed E-state index contributed by atoms with van der Waals surface area (Å²) in [5.41, 5.74) is 0. The van der Waals surface area contributed by atoms with Crippen LogP contribution in [0.2, 0.25) is 0 Å². The van der Waals surface area contributed by atoms with Crippen molar-refractivity contribution in [3.8, 4) is 0 Å². The highest BCUT2D eigenvalue weighted by Gasteiger charge is 2.17. The number of urea groups is 1. The number of ether oxygens (including phenoxy) is 1. The Kier molecular flexibility index (Phi) is 5.04. The van der Waals surface area contributed by atoms with E-state index in [1.165, 1.54) is 0 Å². The maximum atomic E-state index is 11.6. The lowest BCUT2D eigenvalue weighted by molar-refractivity contribution is -0.128. The number of nitrogens with one attached hydrogen (secondary N) is 1. The van der Waals surface area contributed by atoms with Crippen LogP contribution in [0.15, 0.2) is 0 Å². The van der Waals surface area contributed by atoms with Gasteiger partial charge in [0.2, 0.25) is 5.91 Å². The lowest BCUT2D eigenvalue weighted by Gasteiger charge is -2.27. The highest BCUT2D eigenvalue weighted by molar-refractivity contribution is 5.83. The summed E-state index contributed by atoms with van der Waals surface area (Å²) in [6.45, 7) is 4.90. The van der Waals surface area contributed by atoms with Crippen molar-refractivity contribution in [2.24, 2.45) is 0 Å².